The maximum Gasteiger partial charge on any atom is 0.0547 e. The number of rotatable bonds is 3. The van der Waals surface area contributed by atoms with Gasteiger partial charge < -0.3 is 4.57 Å². The Labute approximate surface area is 295 Å². The van der Waals surface area contributed by atoms with E-state index in [2.05, 4.69) is 193 Å². The number of aromatic nitrogens is 1. The zero-order chi connectivity index (χ0) is 33.5. The van der Waals surface area contributed by atoms with Gasteiger partial charge in [0.25, 0.3) is 0 Å². The fourth-order valence-electron chi connectivity index (χ4n) is 8.76. The summed E-state index contributed by atoms with van der Waals surface area (Å²) < 4.78 is 2.39. The summed E-state index contributed by atoms with van der Waals surface area (Å²) in [5, 5.41) is 15.6. The van der Waals surface area contributed by atoms with E-state index in [0.717, 1.165) is 0 Å². The Kier molecular flexibility index (Phi) is 6.02. The van der Waals surface area contributed by atoms with Gasteiger partial charge in [-0.05, 0) is 106 Å². The first-order valence-corrected chi connectivity index (χ1v) is 17.7. The maximum absolute atomic E-state index is 2.41. The van der Waals surface area contributed by atoms with Crippen molar-refractivity contribution in [3.63, 3.8) is 0 Å². The van der Waals surface area contributed by atoms with Gasteiger partial charge in [-0.1, -0.05) is 158 Å². The molecule has 0 aliphatic rings. The molecule has 0 saturated heterocycles. The highest BCUT2D eigenvalue weighted by molar-refractivity contribution is 6.39. The molecule has 0 amide bonds. The Bertz CT molecular complexity index is 3170. The van der Waals surface area contributed by atoms with Crippen molar-refractivity contribution in [1.82, 2.24) is 4.57 Å². The predicted molar refractivity (Wildman–Crippen MR) is 219 cm³/mol. The van der Waals surface area contributed by atoms with Gasteiger partial charge in [-0.3, -0.25) is 0 Å². The first-order chi connectivity index (χ1) is 25.3. The van der Waals surface area contributed by atoms with Crippen molar-refractivity contribution in [3.05, 3.63) is 188 Å². The van der Waals surface area contributed by atoms with Crippen LogP contribution < -0.4 is 0 Å². The quantitative estimate of drug-likeness (QED) is 0.169. The molecule has 0 radical (unpaired) electrons. The fourth-order valence-corrected chi connectivity index (χ4v) is 8.76. The van der Waals surface area contributed by atoms with Gasteiger partial charge in [-0.2, -0.15) is 0 Å². The third kappa shape index (κ3) is 4.09. The molecule has 0 bridgehead atoms. The molecule has 1 nitrogen and oxygen atoms in total. The van der Waals surface area contributed by atoms with Gasteiger partial charge in [0.1, 0.15) is 0 Å². The van der Waals surface area contributed by atoms with Crippen LogP contribution in [0.2, 0.25) is 0 Å². The van der Waals surface area contributed by atoms with Crippen molar-refractivity contribution < 1.29 is 0 Å². The summed E-state index contributed by atoms with van der Waals surface area (Å²) >= 11 is 0. The molecule has 10 aromatic carbocycles. The van der Waals surface area contributed by atoms with Crippen molar-refractivity contribution in [3.8, 4) is 27.9 Å². The number of hydrogen-bond acceptors (Lipinski definition) is 0. The van der Waals surface area contributed by atoms with Gasteiger partial charge in [-0.15, -0.1) is 0 Å². The largest absolute Gasteiger partial charge is 0.309 e. The van der Waals surface area contributed by atoms with Crippen LogP contribution in [0.25, 0.3) is 104 Å². The molecule has 0 saturated carbocycles. The van der Waals surface area contributed by atoms with E-state index in [1.807, 2.05) is 0 Å². The number of fused-ring (bicyclic) bond motifs is 14. The minimum atomic E-state index is 1.17. The molecule has 11 aromatic rings. The van der Waals surface area contributed by atoms with Crippen LogP contribution in [0, 0.1) is 0 Å². The van der Waals surface area contributed by atoms with Crippen LogP contribution in [-0.2, 0) is 0 Å². The molecule has 1 aromatic heterocycles. The Hall–Kier alpha value is -6.70. The zero-order valence-corrected chi connectivity index (χ0v) is 27.8. The fraction of sp³-hybridized carbons (Fsp3) is 0. The Morgan fingerprint density at radius 1 is 0.255 bits per heavy atom. The summed E-state index contributed by atoms with van der Waals surface area (Å²) in [6.07, 6.45) is 0. The molecule has 0 aliphatic carbocycles. The van der Waals surface area contributed by atoms with E-state index in [9.17, 15) is 0 Å². The van der Waals surface area contributed by atoms with Gasteiger partial charge >= 0.3 is 0 Å². The Morgan fingerprint density at radius 2 is 0.725 bits per heavy atom. The second-order valence-corrected chi connectivity index (χ2v) is 13.6. The van der Waals surface area contributed by atoms with Crippen molar-refractivity contribution in [2.75, 3.05) is 0 Å². The average Bonchev–Trinajstić information content (AvgIpc) is 3.55. The van der Waals surface area contributed by atoms with Crippen LogP contribution in [0.5, 0.6) is 0 Å². The van der Waals surface area contributed by atoms with E-state index in [4.69, 9.17) is 0 Å². The summed E-state index contributed by atoms with van der Waals surface area (Å²) in [5.74, 6) is 0. The lowest BCUT2D eigenvalue weighted by molar-refractivity contribution is 1.18. The molecule has 11 rings (SSSR count). The third-order valence-electron chi connectivity index (χ3n) is 10.9. The van der Waals surface area contributed by atoms with Crippen LogP contribution >= 0.6 is 0 Å². The molecule has 1 heterocycles. The van der Waals surface area contributed by atoms with E-state index in [1.54, 1.807) is 0 Å². The van der Waals surface area contributed by atoms with Crippen molar-refractivity contribution in [2.24, 2.45) is 0 Å². The van der Waals surface area contributed by atoms with Crippen LogP contribution in [-0.4, -0.2) is 4.57 Å². The highest BCUT2D eigenvalue weighted by atomic mass is 15.0. The lowest BCUT2D eigenvalue weighted by atomic mass is 9.86. The smallest absolute Gasteiger partial charge is 0.0547 e. The second-order valence-electron chi connectivity index (χ2n) is 13.6. The van der Waals surface area contributed by atoms with Crippen molar-refractivity contribution in [1.29, 1.82) is 0 Å². The first-order valence-electron chi connectivity index (χ1n) is 17.7. The van der Waals surface area contributed by atoms with Crippen molar-refractivity contribution in [2.45, 2.75) is 0 Å². The van der Waals surface area contributed by atoms with Crippen LogP contribution in [0.3, 0.4) is 0 Å². The van der Waals surface area contributed by atoms with Gasteiger partial charge in [-0.25, -0.2) is 0 Å². The normalized spacial score (nSPS) is 11.9. The molecule has 0 unspecified atom stereocenters. The van der Waals surface area contributed by atoms with Gasteiger partial charge in [0, 0.05) is 16.5 Å². The average molecular weight is 646 g/mol. The lowest BCUT2D eigenvalue weighted by Crippen LogP contribution is -1.92. The Balaban J connectivity index is 1.10. The minimum Gasteiger partial charge on any atom is -0.309 e. The first kappa shape index (κ1) is 28.2. The topological polar surface area (TPSA) is 4.93 Å². The van der Waals surface area contributed by atoms with Gasteiger partial charge in [0.15, 0.2) is 0 Å². The highest BCUT2D eigenvalue weighted by Gasteiger charge is 2.18. The van der Waals surface area contributed by atoms with E-state index in [0.29, 0.717) is 0 Å². The van der Waals surface area contributed by atoms with E-state index in [-0.39, 0.29) is 0 Å². The summed E-state index contributed by atoms with van der Waals surface area (Å²) in [7, 11) is 0. The molecule has 0 N–H and O–H groups in total. The lowest BCUT2D eigenvalue weighted by Gasteiger charge is -2.17. The predicted octanol–water partition coefficient (Wildman–Crippen LogP) is 13.9. The molecular weight excluding hydrogens is 615 g/mol. The standard InChI is InChI=1S/C50H31N/c1-2-13-35(14-3-1)51-46-23-11-10-21-44(46)48-36(22-12-24-47(48)51)33-27-25-32(26-28-33)34-29-30-43-45(31-34)39-17-6-9-20-42(39)49-40-18-7-4-15-37(40)38-16-5-8-19-41(38)50(43)49/h1-31H. The van der Waals surface area contributed by atoms with Crippen LogP contribution in [0.4, 0.5) is 0 Å². The SMILES string of the molecule is c1ccc(-n2c3ccccc3c3c(-c4ccc(-c5ccc6c(c5)c5ccccc5c5c7ccccc7c7ccccc7c65)cc4)cccc32)cc1. The number of para-hydroxylation sites is 2. The van der Waals surface area contributed by atoms with E-state index < -0.39 is 0 Å². The molecule has 0 fully saturated rings. The third-order valence-corrected chi connectivity index (χ3v) is 10.9. The molecule has 0 spiro atoms. The molecule has 1 heteroatoms. The zero-order valence-electron chi connectivity index (χ0n) is 27.8. The van der Waals surface area contributed by atoms with Crippen LogP contribution in [0.15, 0.2) is 188 Å². The summed E-state index contributed by atoms with van der Waals surface area (Å²) in [6, 6.07) is 69.1. The number of nitrogens with zero attached hydrogens (tertiary/aromatic N) is 1. The van der Waals surface area contributed by atoms with E-state index in [1.165, 1.54) is 104 Å². The van der Waals surface area contributed by atoms with Gasteiger partial charge in [0.05, 0.1) is 11.0 Å². The summed E-state index contributed by atoms with van der Waals surface area (Å²) in [4.78, 5) is 0. The van der Waals surface area contributed by atoms with E-state index >= 15 is 0 Å². The molecular formula is C50H31N. The van der Waals surface area contributed by atoms with Crippen molar-refractivity contribution >= 4 is 75.7 Å². The van der Waals surface area contributed by atoms with Gasteiger partial charge in [0.2, 0.25) is 0 Å². The number of hydrogen-bond donors (Lipinski definition) is 0. The molecule has 0 aliphatic heterocycles. The second kappa shape index (κ2) is 10.9. The molecule has 51 heavy (non-hydrogen) atoms. The monoisotopic (exact) mass is 645 g/mol. The molecule has 236 valence electrons. The van der Waals surface area contributed by atoms with Crippen LogP contribution in [0.1, 0.15) is 0 Å². The summed E-state index contributed by atoms with van der Waals surface area (Å²) in [5.41, 5.74) is 8.52. The summed E-state index contributed by atoms with van der Waals surface area (Å²) in [6.45, 7) is 0. The molecule has 0 atom stereocenters. The highest BCUT2D eigenvalue weighted by Crippen LogP contribution is 2.45. The minimum absolute atomic E-state index is 1.17. The maximum atomic E-state index is 2.41. The number of benzene rings is 10. The Morgan fingerprint density at radius 3 is 1.37 bits per heavy atom.